The Kier molecular flexibility index (Phi) is 5.83. The van der Waals surface area contributed by atoms with Gasteiger partial charge in [-0.3, -0.25) is 0 Å². The molecule has 1 aliphatic heterocycles. The maximum atomic E-state index is 14.0. The molecule has 0 atom stereocenters. The lowest BCUT2D eigenvalue weighted by molar-refractivity contribution is 0.140. The Labute approximate surface area is 191 Å². The van der Waals surface area contributed by atoms with Crippen molar-refractivity contribution in [3.05, 3.63) is 82.5 Å². The number of aromatic nitrogens is 4. The Morgan fingerprint density at radius 2 is 1.97 bits per heavy atom. The van der Waals surface area contributed by atoms with Crippen LogP contribution in [0.3, 0.4) is 0 Å². The number of rotatable bonds is 3. The normalized spacial score (nSPS) is 15.6. The van der Waals surface area contributed by atoms with Crippen molar-refractivity contribution in [3.63, 3.8) is 0 Å². The summed E-state index contributed by atoms with van der Waals surface area (Å²) in [5, 5.41) is 5.11. The van der Waals surface area contributed by atoms with Crippen molar-refractivity contribution in [3.8, 4) is 17.3 Å². The molecule has 2 aromatic heterocycles. The number of hydrogen-bond donors (Lipinski definition) is 0. The summed E-state index contributed by atoms with van der Waals surface area (Å²) >= 11 is 3.45. The molecule has 3 heterocycles. The van der Waals surface area contributed by atoms with Crippen molar-refractivity contribution in [2.75, 3.05) is 13.2 Å². The average molecular weight is 497 g/mol. The second kappa shape index (κ2) is 9.05. The topological polar surface area (TPSA) is 71.3 Å². The van der Waals surface area contributed by atoms with Gasteiger partial charge in [0.1, 0.15) is 42.5 Å². The van der Waals surface area contributed by atoms with Crippen LogP contribution in [0.2, 0.25) is 0 Å². The van der Waals surface area contributed by atoms with Gasteiger partial charge in [-0.05, 0) is 23.8 Å². The van der Waals surface area contributed by atoms with Crippen LogP contribution in [-0.4, -0.2) is 33.0 Å². The quantitative estimate of drug-likeness (QED) is 0.408. The molecule has 1 aliphatic rings. The SMILES string of the molecule is Fc1ccc2c(c1)OC/C=C(/Br)COCc1nc(OCc3ccccc3)c3cnn-2c3n1. The van der Waals surface area contributed by atoms with Crippen LogP contribution in [0.5, 0.6) is 11.6 Å². The van der Waals surface area contributed by atoms with Gasteiger partial charge in [-0.2, -0.15) is 10.1 Å². The zero-order valence-corrected chi connectivity index (χ0v) is 18.5. The van der Waals surface area contributed by atoms with Gasteiger partial charge in [0.05, 0.1) is 12.8 Å². The smallest absolute Gasteiger partial charge is 0.228 e. The van der Waals surface area contributed by atoms with E-state index in [1.54, 1.807) is 16.9 Å². The van der Waals surface area contributed by atoms with Gasteiger partial charge in [0.15, 0.2) is 11.5 Å². The Morgan fingerprint density at radius 3 is 2.84 bits per heavy atom. The number of fused-ring (bicyclic) bond motifs is 3. The number of benzene rings is 2. The van der Waals surface area contributed by atoms with Crippen LogP contribution < -0.4 is 9.47 Å². The van der Waals surface area contributed by atoms with Crippen LogP contribution in [0.1, 0.15) is 11.4 Å². The largest absolute Gasteiger partial charge is 0.487 e. The van der Waals surface area contributed by atoms with Crippen LogP contribution in [0.25, 0.3) is 16.7 Å². The zero-order valence-electron chi connectivity index (χ0n) is 16.9. The fourth-order valence-electron chi connectivity index (χ4n) is 3.30. The van der Waals surface area contributed by atoms with Gasteiger partial charge in [0, 0.05) is 10.5 Å². The maximum Gasteiger partial charge on any atom is 0.228 e. The van der Waals surface area contributed by atoms with Crippen LogP contribution in [-0.2, 0) is 18.0 Å². The highest BCUT2D eigenvalue weighted by Crippen LogP contribution is 2.30. The van der Waals surface area contributed by atoms with Crippen molar-refractivity contribution >= 4 is 27.0 Å². The molecule has 32 heavy (non-hydrogen) atoms. The Hall–Kier alpha value is -3.30. The molecule has 0 aliphatic carbocycles. The first kappa shape index (κ1) is 20.6. The summed E-state index contributed by atoms with van der Waals surface area (Å²) in [6.45, 7) is 1.08. The minimum Gasteiger partial charge on any atom is -0.487 e. The molecule has 0 spiro atoms. The number of nitrogens with zero attached hydrogens (tertiary/aromatic N) is 4. The zero-order chi connectivity index (χ0) is 21.9. The molecule has 0 amide bonds. The molecule has 9 heteroatoms. The molecule has 0 fully saturated rings. The van der Waals surface area contributed by atoms with Crippen LogP contribution in [0, 0.1) is 5.82 Å². The average Bonchev–Trinajstić information content (AvgIpc) is 3.22. The van der Waals surface area contributed by atoms with Gasteiger partial charge in [0.25, 0.3) is 0 Å². The summed E-state index contributed by atoms with van der Waals surface area (Å²) in [6, 6.07) is 14.1. The summed E-state index contributed by atoms with van der Waals surface area (Å²) < 4.78 is 34.0. The predicted octanol–water partition coefficient (Wildman–Crippen LogP) is 4.72. The van der Waals surface area contributed by atoms with Gasteiger partial charge in [0.2, 0.25) is 5.88 Å². The van der Waals surface area contributed by atoms with E-state index in [2.05, 4.69) is 31.0 Å². The van der Waals surface area contributed by atoms with Crippen LogP contribution >= 0.6 is 15.9 Å². The van der Waals surface area contributed by atoms with Crippen molar-refractivity contribution in [1.82, 2.24) is 19.7 Å². The minimum atomic E-state index is -0.405. The minimum absolute atomic E-state index is 0.183. The van der Waals surface area contributed by atoms with Crippen LogP contribution in [0.15, 0.2) is 65.3 Å². The lowest BCUT2D eigenvalue weighted by Crippen LogP contribution is -2.07. The summed E-state index contributed by atoms with van der Waals surface area (Å²) in [5.74, 6) is 0.793. The molecule has 0 N–H and O–H groups in total. The van der Waals surface area contributed by atoms with E-state index in [0.717, 1.165) is 10.0 Å². The van der Waals surface area contributed by atoms with E-state index < -0.39 is 5.82 Å². The first-order valence-corrected chi connectivity index (χ1v) is 10.7. The third-order valence-electron chi connectivity index (χ3n) is 4.82. The van der Waals surface area contributed by atoms with E-state index in [1.807, 2.05) is 36.4 Å². The fraction of sp³-hybridized carbons (Fsp3) is 0.174. The van der Waals surface area contributed by atoms with Crippen molar-refractivity contribution in [2.24, 2.45) is 0 Å². The molecular formula is C23H18BrFN4O3. The van der Waals surface area contributed by atoms with Gasteiger partial charge >= 0.3 is 0 Å². The Morgan fingerprint density at radius 1 is 1.09 bits per heavy atom. The van der Waals surface area contributed by atoms with Crippen molar-refractivity contribution in [1.29, 1.82) is 0 Å². The predicted molar refractivity (Wildman–Crippen MR) is 120 cm³/mol. The molecule has 5 rings (SSSR count). The van der Waals surface area contributed by atoms with E-state index in [4.69, 9.17) is 14.2 Å². The summed E-state index contributed by atoms with van der Waals surface area (Å²) in [4.78, 5) is 9.20. The molecule has 0 unspecified atom stereocenters. The lowest BCUT2D eigenvalue weighted by Gasteiger charge is -2.12. The van der Waals surface area contributed by atoms with Crippen LogP contribution in [0.4, 0.5) is 4.39 Å². The first-order valence-electron chi connectivity index (χ1n) is 9.94. The molecule has 162 valence electrons. The molecule has 2 bridgehead atoms. The molecule has 2 aromatic carbocycles. The summed E-state index contributed by atoms with van der Waals surface area (Å²) in [6.07, 6.45) is 3.45. The maximum absolute atomic E-state index is 14.0. The second-order valence-electron chi connectivity index (χ2n) is 7.08. The Bertz CT molecular complexity index is 1290. The molecular weight excluding hydrogens is 479 g/mol. The van der Waals surface area contributed by atoms with Crippen molar-refractivity contribution in [2.45, 2.75) is 13.2 Å². The first-order chi connectivity index (χ1) is 15.7. The van der Waals surface area contributed by atoms with E-state index in [-0.39, 0.29) is 13.2 Å². The standard InChI is InChI=1S/C23H18BrFN4O3/c24-16-8-9-31-20-10-17(25)6-7-19(20)29-22-18(11-26-29)23(28-21(27-22)14-30-13-16)32-12-15-4-2-1-3-5-15/h1-8,10-11H,9,12-14H2/b16-8+. The summed E-state index contributed by atoms with van der Waals surface area (Å²) in [7, 11) is 0. The molecule has 7 nitrogen and oxygen atoms in total. The fourth-order valence-corrected chi connectivity index (χ4v) is 3.60. The van der Waals surface area contributed by atoms with Gasteiger partial charge in [-0.25, -0.2) is 14.1 Å². The van der Waals surface area contributed by atoms with Gasteiger partial charge < -0.3 is 14.2 Å². The van der Waals surface area contributed by atoms with E-state index in [0.29, 0.717) is 47.4 Å². The monoisotopic (exact) mass is 496 g/mol. The Balaban J connectivity index is 1.61. The van der Waals surface area contributed by atoms with Crippen molar-refractivity contribution < 1.29 is 18.6 Å². The molecule has 0 radical (unpaired) electrons. The van der Waals surface area contributed by atoms with Gasteiger partial charge in [-0.15, -0.1) is 0 Å². The second-order valence-corrected chi connectivity index (χ2v) is 8.10. The highest BCUT2D eigenvalue weighted by Gasteiger charge is 2.19. The molecule has 0 saturated carbocycles. The molecule has 4 aromatic rings. The summed E-state index contributed by atoms with van der Waals surface area (Å²) in [5.41, 5.74) is 2.09. The van der Waals surface area contributed by atoms with E-state index in [9.17, 15) is 4.39 Å². The highest BCUT2D eigenvalue weighted by atomic mass is 79.9. The number of halogens is 2. The van der Waals surface area contributed by atoms with Gasteiger partial charge in [-0.1, -0.05) is 46.3 Å². The molecule has 0 saturated heterocycles. The van der Waals surface area contributed by atoms with E-state index in [1.165, 1.54) is 12.1 Å². The number of ether oxygens (including phenoxy) is 3. The third-order valence-corrected chi connectivity index (χ3v) is 5.38. The lowest BCUT2D eigenvalue weighted by atomic mass is 10.2. The number of hydrogen-bond acceptors (Lipinski definition) is 6. The van der Waals surface area contributed by atoms with E-state index >= 15 is 0 Å². The third kappa shape index (κ3) is 4.35. The highest BCUT2D eigenvalue weighted by molar-refractivity contribution is 9.11.